The fourth-order valence-corrected chi connectivity index (χ4v) is 1.99. The van der Waals surface area contributed by atoms with Crippen molar-refractivity contribution in [3.05, 3.63) is 53.7 Å². The monoisotopic (exact) mass is 370 g/mol. The zero-order valence-corrected chi connectivity index (χ0v) is 15.3. The quantitative estimate of drug-likeness (QED) is 0.516. The highest BCUT2D eigenvalue weighted by atomic mass is 35.5. The number of halogens is 2. The van der Waals surface area contributed by atoms with E-state index in [1.807, 2.05) is 37.4 Å². The highest BCUT2D eigenvalue weighted by molar-refractivity contribution is 5.85. The molecule has 2 rings (SSSR count). The predicted molar refractivity (Wildman–Crippen MR) is 104 cm³/mol. The summed E-state index contributed by atoms with van der Waals surface area (Å²) in [5.74, 6) is 0.886. The second kappa shape index (κ2) is 11.5. The van der Waals surface area contributed by atoms with Crippen LogP contribution in [0.3, 0.4) is 0 Å². The van der Waals surface area contributed by atoms with Gasteiger partial charge in [0.15, 0.2) is 0 Å². The first-order chi connectivity index (χ1) is 10.6. The van der Waals surface area contributed by atoms with Gasteiger partial charge in [-0.15, -0.1) is 24.8 Å². The number of nitrogens with zero attached hydrogens (tertiary/aromatic N) is 1. The van der Waals surface area contributed by atoms with Gasteiger partial charge in [0.25, 0.3) is 0 Å². The first-order valence-corrected chi connectivity index (χ1v) is 7.41. The van der Waals surface area contributed by atoms with E-state index in [0.717, 1.165) is 29.9 Å². The minimum absolute atomic E-state index is 0. The van der Waals surface area contributed by atoms with E-state index in [1.54, 1.807) is 12.1 Å². The van der Waals surface area contributed by atoms with Crippen LogP contribution in [0.25, 0.3) is 0 Å². The van der Waals surface area contributed by atoms with Crippen LogP contribution >= 0.6 is 24.8 Å². The molecular formula is C17H24Cl2N4O. The average molecular weight is 371 g/mol. The van der Waals surface area contributed by atoms with Gasteiger partial charge in [-0.1, -0.05) is 18.2 Å². The fourth-order valence-electron chi connectivity index (χ4n) is 1.99. The van der Waals surface area contributed by atoms with Crippen LogP contribution in [-0.2, 0) is 11.2 Å². The van der Waals surface area contributed by atoms with Crippen LogP contribution in [0.1, 0.15) is 17.5 Å². The number of nitrogens with two attached hydrogens (primary N) is 1. The van der Waals surface area contributed by atoms with Crippen molar-refractivity contribution in [2.24, 2.45) is 0 Å². The Labute approximate surface area is 155 Å². The number of carbonyl (C=O) groups is 1. The highest BCUT2D eigenvalue weighted by Gasteiger charge is 2.02. The summed E-state index contributed by atoms with van der Waals surface area (Å²) < 4.78 is 0. The minimum atomic E-state index is 0. The number of pyridine rings is 1. The van der Waals surface area contributed by atoms with Gasteiger partial charge < -0.3 is 16.4 Å². The average Bonchev–Trinajstić information content (AvgIpc) is 2.51. The fraction of sp³-hybridized carbons (Fsp3) is 0.294. The van der Waals surface area contributed by atoms with E-state index in [4.69, 9.17) is 5.73 Å². The number of rotatable bonds is 7. The summed E-state index contributed by atoms with van der Waals surface area (Å²) in [5, 5.41) is 6.14. The van der Waals surface area contributed by atoms with Crippen molar-refractivity contribution in [3.8, 4) is 0 Å². The second-order valence-electron chi connectivity index (χ2n) is 5.27. The van der Waals surface area contributed by atoms with Crippen LogP contribution in [0.15, 0.2) is 42.6 Å². The first kappa shape index (κ1) is 22.0. The van der Waals surface area contributed by atoms with Gasteiger partial charge in [0.2, 0.25) is 5.91 Å². The van der Waals surface area contributed by atoms with Gasteiger partial charge in [-0.2, -0.15) is 0 Å². The van der Waals surface area contributed by atoms with E-state index in [0.29, 0.717) is 18.7 Å². The summed E-state index contributed by atoms with van der Waals surface area (Å²) in [7, 11) is 0. The molecular weight excluding hydrogens is 347 g/mol. The van der Waals surface area contributed by atoms with Crippen molar-refractivity contribution in [2.45, 2.75) is 19.8 Å². The van der Waals surface area contributed by atoms with Crippen molar-refractivity contribution in [1.82, 2.24) is 10.3 Å². The zero-order chi connectivity index (χ0) is 15.8. The number of benzene rings is 1. The highest BCUT2D eigenvalue weighted by Crippen LogP contribution is 2.06. The molecule has 1 heterocycles. The van der Waals surface area contributed by atoms with Crippen molar-refractivity contribution in [1.29, 1.82) is 0 Å². The van der Waals surface area contributed by atoms with Crippen molar-refractivity contribution in [3.63, 3.8) is 0 Å². The number of nitrogens with one attached hydrogen (secondary N) is 2. The van der Waals surface area contributed by atoms with E-state index >= 15 is 0 Å². The van der Waals surface area contributed by atoms with E-state index in [2.05, 4.69) is 15.6 Å². The van der Waals surface area contributed by atoms with Gasteiger partial charge >= 0.3 is 0 Å². The third-order valence-electron chi connectivity index (χ3n) is 3.24. The van der Waals surface area contributed by atoms with Crippen molar-refractivity contribution >= 4 is 42.2 Å². The molecule has 0 saturated carbocycles. The number of hydrogen-bond donors (Lipinski definition) is 3. The van der Waals surface area contributed by atoms with Gasteiger partial charge in [0.05, 0.1) is 6.42 Å². The predicted octanol–water partition coefficient (Wildman–Crippen LogP) is 2.98. The Balaban J connectivity index is 0.00000264. The number of aryl methyl sites for hydroxylation is 1. The van der Waals surface area contributed by atoms with Crippen molar-refractivity contribution in [2.75, 3.05) is 24.1 Å². The molecule has 1 aromatic heterocycles. The second-order valence-corrected chi connectivity index (χ2v) is 5.27. The third-order valence-corrected chi connectivity index (χ3v) is 3.24. The van der Waals surface area contributed by atoms with E-state index in [9.17, 15) is 4.79 Å². The standard InChI is InChI=1S/C17H22N4O.2ClH/c1-13-3-8-16(21-12-13)19-9-2-10-20-17(22)11-14-4-6-15(18)7-5-14;;/h3-8,12H,2,9-11,18H2,1H3,(H,19,21)(H,20,22);2*1H. The van der Waals surface area contributed by atoms with Gasteiger partial charge in [-0.3, -0.25) is 4.79 Å². The van der Waals surface area contributed by atoms with Crippen LogP contribution < -0.4 is 16.4 Å². The van der Waals surface area contributed by atoms with Crippen LogP contribution in [0.2, 0.25) is 0 Å². The Morgan fingerprint density at radius 2 is 1.79 bits per heavy atom. The number of hydrogen-bond acceptors (Lipinski definition) is 4. The summed E-state index contributed by atoms with van der Waals surface area (Å²) in [6.07, 6.45) is 3.06. The summed E-state index contributed by atoms with van der Waals surface area (Å²) in [4.78, 5) is 16.1. The van der Waals surface area contributed by atoms with E-state index in [-0.39, 0.29) is 30.7 Å². The summed E-state index contributed by atoms with van der Waals surface area (Å²) in [6.45, 7) is 3.43. The molecule has 4 N–H and O–H groups in total. The molecule has 1 aromatic carbocycles. The number of aromatic nitrogens is 1. The van der Waals surface area contributed by atoms with E-state index < -0.39 is 0 Å². The lowest BCUT2D eigenvalue weighted by atomic mass is 10.1. The molecule has 0 unspecified atom stereocenters. The van der Waals surface area contributed by atoms with Crippen molar-refractivity contribution < 1.29 is 4.79 Å². The molecule has 5 nitrogen and oxygen atoms in total. The molecule has 2 aromatic rings. The topological polar surface area (TPSA) is 80.0 Å². The number of amides is 1. The zero-order valence-electron chi connectivity index (χ0n) is 13.6. The molecule has 132 valence electrons. The number of anilines is 2. The molecule has 0 saturated heterocycles. The van der Waals surface area contributed by atoms with Gasteiger partial charge in [-0.05, 0) is 42.7 Å². The Morgan fingerprint density at radius 1 is 1.08 bits per heavy atom. The Kier molecular flexibility index (Phi) is 10.6. The maximum Gasteiger partial charge on any atom is 0.224 e. The number of nitrogen functional groups attached to an aromatic ring is 1. The third kappa shape index (κ3) is 8.04. The summed E-state index contributed by atoms with van der Waals surface area (Å²) >= 11 is 0. The molecule has 24 heavy (non-hydrogen) atoms. The molecule has 0 fully saturated rings. The molecule has 1 amide bonds. The first-order valence-electron chi connectivity index (χ1n) is 7.41. The Bertz CT molecular complexity index is 603. The molecule has 0 spiro atoms. The molecule has 0 aliphatic heterocycles. The largest absolute Gasteiger partial charge is 0.399 e. The van der Waals surface area contributed by atoms with Gasteiger partial charge in [-0.25, -0.2) is 4.98 Å². The minimum Gasteiger partial charge on any atom is -0.399 e. The lowest BCUT2D eigenvalue weighted by Crippen LogP contribution is -2.27. The number of carbonyl (C=O) groups excluding carboxylic acids is 1. The summed E-state index contributed by atoms with van der Waals surface area (Å²) in [6, 6.07) is 11.3. The molecule has 0 bridgehead atoms. The molecule has 0 aliphatic carbocycles. The molecule has 0 atom stereocenters. The lowest BCUT2D eigenvalue weighted by Gasteiger charge is -2.07. The SMILES string of the molecule is Cc1ccc(NCCCNC(=O)Cc2ccc(N)cc2)nc1.Cl.Cl. The van der Waals surface area contributed by atoms with Gasteiger partial charge in [0.1, 0.15) is 5.82 Å². The van der Waals surface area contributed by atoms with Gasteiger partial charge in [0, 0.05) is 25.0 Å². The van der Waals surface area contributed by atoms with Crippen LogP contribution in [0.5, 0.6) is 0 Å². The summed E-state index contributed by atoms with van der Waals surface area (Å²) in [5.41, 5.74) is 8.43. The van der Waals surface area contributed by atoms with Crippen LogP contribution in [0, 0.1) is 6.92 Å². The maximum atomic E-state index is 11.8. The molecule has 0 aliphatic rings. The Morgan fingerprint density at radius 3 is 2.42 bits per heavy atom. The maximum absolute atomic E-state index is 11.8. The Hall–Kier alpha value is -1.98. The van der Waals surface area contributed by atoms with E-state index in [1.165, 1.54) is 0 Å². The molecule has 7 heteroatoms. The molecule has 0 radical (unpaired) electrons. The van der Waals surface area contributed by atoms with Crippen LogP contribution in [0.4, 0.5) is 11.5 Å². The van der Waals surface area contributed by atoms with Crippen LogP contribution in [-0.4, -0.2) is 24.0 Å². The lowest BCUT2D eigenvalue weighted by molar-refractivity contribution is -0.120. The normalized spacial score (nSPS) is 9.38. The smallest absolute Gasteiger partial charge is 0.224 e.